The summed E-state index contributed by atoms with van der Waals surface area (Å²) in [6.45, 7) is 0. The second-order valence-corrected chi connectivity index (χ2v) is 6.96. The summed E-state index contributed by atoms with van der Waals surface area (Å²) in [6, 6.07) is 35.8. The third-order valence-electron chi connectivity index (χ3n) is 5.16. The molecule has 0 aliphatic heterocycles. The molecule has 2 N–H and O–H groups in total. The Hall–Kier alpha value is -3.52. The summed E-state index contributed by atoms with van der Waals surface area (Å²) >= 11 is 0. The lowest BCUT2D eigenvalue weighted by molar-refractivity contribution is 0.474. The van der Waals surface area contributed by atoms with Gasteiger partial charge in [0.05, 0.1) is 0 Å². The van der Waals surface area contributed by atoms with Crippen LogP contribution >= 0.6 is 0 Å². The number of phenols is 2. The van der Waals surface area contributed by atoms with Crippen molar-refractivity contribution in [2.24, 2.45) is 0 Å². The molecule has 0 heterocycles. The van der Waals surface area contributed by atoms with E-state index in [9.17, 15) is 10.2 Å². The first kappa shape index (κ1) is 17.9. The van der Waals surface area contributed by atoms with Crippen LogP contribution in [0.3, 0.4) is 0 Å². The topological polar surface area (TPSA) is 40.5 Å². The van der Waals surface area contributed by atoms with Crippen molar-refractivity contribution in [2.75, 3.05) is 0 Å². The molecule has 2 heteroatoms. The lowest BCUT2D eigenvalue weighted by atomic mass is 9.74. The molecule has 4 aromatic carbocycles. The molecular formula is C26H22O2. The van der Waals surface area contributed by atoms with Gasteiger partial charge >= 0.3 is 0 Å². The Labute approximate surface area is 165 Å². The van der Waals surface area contributed by atoms with Crippen molar-refractivity contribution in [3.63, 3.8) is 0 Å². The quantitative estimate of drug-likeness (QED) is 0.450. The highest BCUT2D eigenvalue weighted by Gasteiger charge is 2.28. The molecule has 0 amide bonds. The Bertz CT molecular complexity index is 920. The Balaban J connectivity index is 1.93. The summed E-state index contributed by atoms with van der Waals surface area (Å²) in [5, 5.41) is 19.6. The van der Waals surface area contributed by atoms with Crippen LogP contribution in [0.25, 0.3) is 0 Å². The monoisotopic (exact) mass is 366 g/mol. The maximum absolute atomic E-state index is 9.78. The molecule has 0 radical (unpaired) electrons. The van der Waals surface area contributed by atoms with Gasteiger partial charge in [-0.25, -0.2) is 0 Å². The number of rotatable bonds is 5. The standard InChI is InChI=1S/C26H22O2/c27-23-15-11-21(12-16-23)25(19-7-3-1-4-8-19)26(20-9-5-2-6-10-20)22-13-17-24(28)18-14-22/h1-18,25-28H. The third kappa shape index (κ3) is 3.77. The predicted molar refractivity (Wildman–Crippen MR) is 113 cm³/mol. The van der Waals surface area contributed by atoms with E-state index in [4.69, 9.17) is 0 Å². The van der Waals surface area contributed by atoms with E-state index in [-0.39, 0.29) is 23.3 Å². The van der Waals surface area contributed by atoms with Crippen molar-refractivity contribution in [3.05, 3.63) is 131 Å². The number of benzene rings is 4. The summed E-state index contributed by atoms with van der Waals surface area (Å²) in [4.78, 5) is 0. The van der Waals surface area contributed by atoms with Gasteiger partial charge in [0.15, 0.2) is 0 Å². The average molecular weight is 366 g/mol. The Kier molecular flexibility index (Phi) is 5.11. The smallest absolute Gasteiger partial charge is 0.115 e. The fourth-order valence-corrected chi connectivity index (χ4v) is 3.84. The lowest BCUT2D eigenvalue weighted by Crippen LogP contribution is -2.14. The summed E-state index contributed by atoms with van der Waals surface area (Å²) < 4.78 is 0. The van der Waals surface area contributed by atoms with Crippen LogP contribution in [0.5, 0.6) is 11.5 Å². The molecule has 0 aliphatic carbocycles. The SMILES string of the molecule is Oc1ccc(C(c2ccccc2)C(c2ccccc2)c2ccc(O)cc2)cc1. The van der Waals surface area contributed by atoms with Crippen LogP contribution in [0.15, 0.2) is 109 Å². The molecule has 4 aromatic rings. The Morgan fingerprint density at radius 1 is 0.357 bits per heavy atom. The zero-order valence-electron chi connectivity index (χ0n) is 15.4. The normalized spacial score (nSPS) is 13.0. The zero-order chi connectivity index (χ0) is 19.3. The van der Waals surface area contributed by atoms with Gasteiger partial charge in [0.2, 0.25) is 0 Å². The van der Waals surface area contributed by atoms with Gasteiger partial charge < -0.3 is 10.2 Å². The van der Waals surface area contributed by atoms with Crippen LogP contribution in [0.2, 0.25) is 0 Å². The summed E-state index contributed by atoms with van der Waals surface area (Å²) in [7, 11) is 0. The van der Waals surface area contributed by atoms with E-state index in [0.717, 1.165) is 11.1 Å². The predicted octanol–water partition coefficient (Wildman–Crippen LogP) is 6.06. The summed E-state index contributed by atoms with van der Waals surface area (Å²) in [5.74, 6) is 0.649. The van der Waals surface area contributed by atoms with Gasteiger partial charge in [-0.15, -0.1) is 0 Å². The molecule has 0 bridgehead atoms. The molecular weight excluding hydrogens is 344 g/mol. The van der Waals surface area contributed by atoms with E-state index >= 15 is 0 Å². The van der Waals surface area contributed by atoms with Gasteiger partial charge in [0.1, 0.15) is 11.5 Å². The van der Waals surface area contributed by atoms with E-state index in [0.29, 0.717) is 0 Å². The van der Waals surface area contributed by atoms with Crippen molar-refractivity contribution in [1.82, 2.24) is 0 Å². The van der Waals surface area contributed by atoms with E-state index in [2.05, 4.69) is 48.5 Å². The van der Waals surface area contributed by atoms with Crippen molar-refractivity contribution < 1.29 is 10.2 Å². The van der Waals surface area contributed by atoms with Crippen LogP contribution in [-0.4, -0.2) is 10.2 Å². The average Bonchev–Trinajstić information content (AvgIpc) is 2.75. The van der Waals surface area contributed by atoms with Gasteiger partial charge in [0.25, 0.3) is 0 Å². The van der Waals surface area contributed by atoms with Crippen molar-refractivity contribution >= 4 is 0 Å². The molecule has 0 aromatic heterocycles. The van der Waals surface area contributed by atoms with Gasteiger partial charge in [-0.3, -0.25) is 0 Å². The van der Waals surface area contributed by atoms with Gasteiger partial charge in [0, 0.05) is 11.8 Å². The fourth-order valence-electron chi connectivity index (χ4n) is 3.84. The van der Waals surface area contributed by atoms with Crippen molar-refractivity contribution in [1.29, 1.82) is 0 Å². The largest absolute Gasteiger partial charge is 0.508 e. The molecule has 0 saturated heterocycles. The molecule has 0 fully saturated rings. The number of aromatic hydroxyl groups is 2. The second kappa shape index (κ2) is 8.01. The van der Waals surface area contributed by atoms with Crippen LogP contribution in [-0.2, 0) is 0 Å². The minimum absolute atomic E-state index is 0.0637. The second-order valence-electron chi connectivity index (χ2n) is 6.96. The van der Waals surface area contributed by atoms with Crippen molar-refractivity contribution in [2.45, 2.75) is 11.8 Å². The van der Waals surface area contributed by atoms with Crippen LogP contribution in [0, 0.1) is 0 Å². The third-order valence-corrected chi connectivity index (χ3v) is 5.16. The van der Waals surface area contributed by atoms with Gasteiger partial charge in [-0.2, -0.15) is 0 Å². The van der Waals surface area contributed by atoms with Gasteiger partial charge in [-0.1, -0.05) is 84.9 Å². The first-order valence-electron chi connectivity index (χ1n) is 9.40. The molecule has 0 aliphatic rings. The fraction of sp³-hybridized carbons (Fsp3) is 0.0769. The molecule has 4 rings (SSSR count). The molecule has 28 heavy (non-hydrogen) atoms. The summed E-state index contributed by atoms with van der Waals surface area (Å²) in [6.07, 6.45) is 0. The maximum atomic E-state index is 9.78. The van der Waals surface area contributed by atoms with Crippen LogP contribution in [0.1, 0.15) is 34.1 Å². The molecule has 2 nitrogen and oxygen atoms in total. The Morgan fingerprint density at radius 2 is 0.643 bits per heavy atom. The minimum atomic E-state index is 0.0637. The first-order valence-corrected chi connectivity index (χ1v) is 9.40. The molecule has 0 spiro atoms. The Morgan fingerprint density at radius 3 is 0.964 bits per heavy atom. The van der Waals surface area contributed by atoms with Crippen molar-refractivity contribution in [3.8, 4) is 11.5 Å². The summed E-state index contributed by atoms with van der Waals surface area (Å²) in [5.41, 5.74) is 4.67. The highest BCUT2D eigenvalue weighted by molar-refractivity contribution is 5.46. The minimum Gasteiger partial charge on any atom is -0.508 e. The number of hydrogen-bond donors (Lipinski definition) is 2. The van der Waals surface area contributed by atoms with E-state index < -0.39 is 0 Å². The highest BCUT2D eigenvalue weighted by atomic mass is 16.3. The van der Waals surface area contributed by atoms with Gasteiger partial charge in [-0.05, 0) is 46.5 Å². The molecule has 2 unspecified atom stereocenters. The van der Waals surface area contributed by atoms with E-state index in [1.165, 1.54) is 11.1 Å². The zero-order valence-corrected chi connectivity index (χ0v) is 15.4. The molecule has 0 saturated carbocycles. The molecule has 138 valence electrons. The lowest BCUT2D eigenvalue weighted by Gasteiger charge is -2.29. The number of hydrogen-bond acceptors (Lipinski definition) is 2. The van der Waals surface area contributed by atoms with Crippen LogP contribution in [0.4, 0.5) is 0 Å². The molecule has 2 atom stereocenters. The highest BCUT2D eigenvalue weighted by Crippen LogP contribution is 2.43. The van der Waals surface area contributed by atoms with E-state index in [1.54, 1.807) is 24.3 Å². The maximum Gasteiger partial charge on any atom is 0.115 e. The number of phenolic OH excluding ortho intramolecular Hbond substituents is 2. The first-order chi connectivity index (χ1) is 13.7. The van der Waals surface area contributed by atoms with E-state index in [1.807, 2.05) is 36.4 Å². The van der Waals surface area contributed by atoms with Crippen LogP contribution < -0.4 is 0 Å².